The van der Waals surface area contributed by atoms with E-state index < -0.39 is 0 Å². The summed E-state index contributed by atoms with van der Waals surface area (Å²) in [6, 6.07) is 10.3. The number of nitrogens with zero attached hydrogens (tertiary/aromatic N) is 2. The van der Waals surface area contributed by atoms with Crippen LogP contribution in [0.3, 0.4) is 0 Å². The van der Waals surface area contributed by atoms with Gasteiger partial charge >= 0.3 is 0 Å². The maximum absolute atomic E-state index is 4.38. The lowest BCUT2D eigenvalue weighted by molar-refractivity contribution is 0.425. The quantitative estimate of drug-likeness (QED) is 0.880. The van der Waals surface area contributed by atoms with Gasteiger partial charge in [0.2, 0.25) is 0 Å². The Bertz CT molecular complexity index is 451. The van der Waals surface area contributed by atoms with Gasteiger partial charge in [0.05, 0.1) is 4.88 Å². The Kier molecular flexibility index (Phi) is 4.12. The molecule has 3 nitrogen and oxygen atoms in total. The van der Waals surface area contributed by atoms with Crippen molar-refractivity contribution in [2.75, 3.05) is 32.5 Å². The SMILES string of the molecule is CN(C)CCNc1ncc(-c2ccccc2)s1. The van der Waals surface area contributed by atoms with Crippen LogP contribution in [0, 0.1) is 0 Å². The highest BCUT2D eigenvalue weighted by atomic mass is 32.1. The molecule has 0 unspecified atom stereocenters. The first-order chi connectivity index (χ1) is 8.25. The fraction of sp³-hybridized carbons (Fsp3) is 0.308. The number of hydrogen-bond donors (Lipinski definition) is 1. The van der Waals surface area contributed by atoms with Gasteiger partial charge in [0.1, 0.15) is 0 Å². The third-order valence-electron chi connectivity index (χ3n) is 2.40. The summed E-state index contributed by atoms with van der Waals surface area (Å²) in [5, 5.41) is 4.32. The first kappa shape index (κ1) is 12.1. The zero-order chi connectivity index (χ0) is 12.1. The fourth-order valence-corrected chi connectivity index (χ4v) is 2.33. The van der Waals surface area contributed by atoms with Crippen LogP contribution in [0.1, 0.15) is 0 Å². The van der Waals surface area contributed by atoms with Gasteiger partial charge in [-0.25, -0.2) is 4.98 Å². The molecule has 0 fully saturated rings. The summed E-state index contributed by atoms with van der Waals surface area (Å²) >= 11 is 1.70. The zero-order valence-corrected chi connectivity index (χ0v) is 11.0. The van der Waals surface area contributed by atoms with Crippen LogP contribution in [0.15, 0.2) is 36.5 Å². The number of rotatable bonds is 5. The number of hydrogen-bond acceptors (Lipinski definition) is 4. The molecule has 0 saturated heterocycles. The first-order valence-electron chi connectivity index (χ1n) is 5.65. The molecule has 0 atom stereocenters. The molecule has 1 aromatic carbocycles. The molecule has 90 valence electrons. The van der Waals surface area contributed by atoms with Crippen molar-refractivity contribution < 1.29 is 0 Å². The third kappa shape index (κ3) is 3.54. The van der Waals surface area contributed by atoms with Crippen LogP contribution in [0.25, 0.3) is 10.4 Å². The highest BCUT2D eigenvalue weighted by Crippen LogP contribution is 2.28. The second-order valence-corrected chi connectivity index (χ2v) is 5.16. The Morgan fingerprint density at radius 3 is 2.71 bits per heavy atom. The fourth-order valence-electron chi connectivity index (χ4n) is 1.48. The molecule has 1 N–H and O–H groups in total. The van der Waals surface area contributed by atoms with E-state index in [-0.39, 0.29) is 0 Å². The van der Waals surface area contributed by atoms with E-state index in [9.17, 15) is 0 Å². The van der Waals surface area contributed by atoms with Crippen molar-refractivity contribution in [3.8, 4) is 10.4 Å². The predicted octanol–water partition coefficient (Wildman–Crippen LogP) is 2.78. The molecule has 2 rings (SSSR count). The lowest BCUT2D eigenvalue weighted by Crippen LogP contribution is -2.20. The van der Waals surface area contributed by atoms with Crippen molar-refractivity contribution in [3.63, 3.8) is 0 Å². The van der Waals surface area contributed by atoms with Gasteiger partial charge in [0.25, 0.3) is 0 Å². The van der Waals surface area contributed by atoms with Gasteiger partial charge in [0, 0.05) is 19.3 Å². The maximum Gasteiger partial charge on any atom is 0.183 e. The van der Waals surface area contributed by atoms with Crippen molar-refractivity contribution in [1.82, 2.24) is 9.88 Å². The molecular formula is C13H17N3S. The van der Waals surface area contributed by atoms with E-state index in [4.69, 9.17) is 0 Å². The van der Waals surface area contributed by atoms with Crippen LogP contribution >= 0.6 is 11.3 Å². The average Bonchev–Trinajstić information content (AvgIpc) is 2.78. The third-order valence-corrected chi connectivity index (χ3v) is 3.40. The summed E-state index contributed by atoms with van der Waals surface area (Å²) in [6.07, 6.45) is 1.93. The number of aromatic nitrogens is 1. The second kappa shape index (κ2) is 5.80. The second-order valence-electron chi connectivity index (χ2n) is 4.13. The zero-order valence-electron chi connectivity index (χ0n) is 10.2. The van der Waals surface area contributed by atoms with Crippen molar-refractivity contribution >= 4 is 16.5 Å². The van der Waals surface area contributed by atoms with Crippen LogP contribution < -0.4 is 5.32 Å². The minimum absolute atomic E-state index is 0.925. The van der Waals surface area contributed by atoms with E-state index in [0.29, 0.717) is 0 Å². The lowest BCUT2D eigenvalue weighted by Gasteiger charge is -2.08. The Labute approximate surface area is 106 Å². The lowest BCUT2D eigenvalue weighted by atomic mass is 10.2. The summed E-state index contributed by atoms with van der Waals surface area (Å²) < 4.78 is 0. The molecule has 1 aromatic heterocycles. The minimum Gasteiger partial charge on any atom is -0.360 e. The number of benzene rings is 1. The number of nitrogens with one attached hydrogen (secondary N) is 1. The molecule has 4 heteroatoms. The van der Waals surface area contributed by atoms with Crippen LogP contribution in [0.2, 0.25) is 0 Å². The Hall–Kier alpha value is -1.39. The van der Waals surface area contributed by atoms with Gasteiger partial charge in [0.15, 0.2) is 5.13 Å². The van der Waals surface area contributed by atoms with Crippen molar-refractivity contribution in [1.29, 1.82) is 0 Å². The summed E-state index contributed by atoms with van der Waals surface area (Å²) in [7, 11) is 4.14. The molecule has 0 saturated carbocycles. The Morgan fingerprint density at radius 2 is 2.00 bits per heavy atom. The van der Waals surface area contributed by atoms with Crippen LogP contribution in [0.4, 0.5) is 5.13 Å². The van der Waals surface area contributed by atoms with Crippen LogP contribution in [-0.2, 0) is 0 Å². The molecule has 0 bridgehead atoms. The molecule has 0 spiro atoms. The van der Waals surface area contributed by atoms with E-state index in [0.717, 1.165) is 18.2 Å². The monoisotopic (exact) mass is 247 g/mol. The summed E-state index contributed by atoms with van der Waals surface area (Å²) in [5.74, 6) is 0. The molecule has 0 aliphatic rings. The standard InChI is InChI=1S/C13H17N3S/c1-16(2)9-8-14-13-15-10-12(17-13)11-6-4-3-5-7-11/h3-7,10H,8-9H2,1-2H3,(H,14,15). The highest BCUT2D eigenvalue weighted by Gasteiger charge is 2.03. The Morgan fingerprint density at radius 1 is 1.24 bits per heavy atom. The minimum atomic E-state index is 0.925. The highest BCUT2D eigenvalue weighted by molar-refractivity contribution is 7.18. The van der Waals surface area contributed by atoms with Crippen molar-refractivity contribution in [2.45, 2.75) is 0 Å². The Balaban J connectivity index is 1.97. The molecule has 0 aliphatic heterocycles. The van der Waals surface area contributed by atoms with Crippen LogP contribution in [-0.4, -0.2) is 37.1 Å². The molecule has 0 aliphatic carbocycles. The molecule has 0 amide bonds. The van der Waals surface area contributed by atoms with Gasteiger partial charge in [-0.3, -0.25) is 0 Å². The van der Waals surface area contributed by atoms with Crippen LogP contribution in [0.5, 0.6) is 0 Å². The first-order valence-corrected chi connectivity index (χ1v) is 6.47. The van der Waals surface area contributed by atoms with E-state index in [1.165, 1.54) is 10.4 Å². The molecule has 17 heavy (non-hydrogen) atoms. The molecule has 2 aromatic rings. The van der Waals surface area contributed by atoms with Crippen molar-refractivity contribution in [3.05, 3.63) is 36.5 Å². The van der Waals surface area contributed by atoms with Gasteiger partial charge in [-0.2, -0.15) is 0 Å². The van der Waals surface area contributed by atoms with Gasteiger partial charge < -0.3 is 10.2 Å². The van der Waals surface area contributed by atoms with E-state index in [1.807, 2.05) is 24.4 Å². The van der Waals surface area contributed by atoms with E-state index in [1.54, 1.807) is 11.3 Å². The van der Waals surface area contributed by atoms with Gasteiger partial charge in [-0.05, 0) is 19.7 Å². The summed E-state index contributed by atoms with van der Waals surface area (Å²) in [4.78, 5) is 7.74. The smallest absolute Gasteiger partial charge is 0.183 e. The molecule has 1 heterocycles. The average molecular weight is 247 g/mol. The molecular weight excluding hydrogens is 230 g/mol. The predicted molar refractivity (Wildman–Crippen MR) is 74.6 cm³/mol. The topological polar surface area (TPSA) is 28.2 Å². The normalized spacial score (nSPS) is 10.8. The van der Waals surface area contributed by atoms with Crippen molar-refractivity contribution in [2.24, 2.45) is 0 Å². The largest absolute Gasteiger partial charge is 0.360 e. The number of anilines is 1. The van der Waals surface area contributed by atoms with E-state index >= 15 is 0 Å². The number of thiazole rings is 1. The van der Waals surface area contributed by atoms with Gasteiger partial charge in [-0.1, -0.05) is 41.7 Å². The van der Waals surface area contributed by atoms with E-state index in [2.05, 4.69) is 41.4 Å². The molecule has 0 radical (unpaired) electrons. The summed E-state index contributed by atoms with van der Waals surface area (Å²) in [6.45, 7) is 1.94. The maximum atomic E-state index is 4.38. The number of likely N-dealkylation sites (N-methyl/N-ethyl adjacent to an activating group) is 1. The summed E-state index contributed by atoms with van der Waals surface area (Å²) in [5.41, 5.74) is 1.23. The van der Waals surface area contributed by atoms with Gasteiger partial charge in [-0.15, -0.1) is 0 Å².